The number of ether oxygens (including phenoxy) is 2. The molecule has 1 fully saturated rings. The molecule has 1 unspecified atom stereocenters. The van der Waals surface area contributed by atoms with Crippen molar-refractivity contribution in [2.45, 2.75) is 19.9 Å². The number of likely N-dealkylation sites (tertiary alicyclic amines) is 1. The molecule has 1 amide bonds. The van der Waals surface area contributed by atoms with Gasteiger partial charge in [-0.1, -0.05) is 12.5 Å². The van der Waals surface area contributed by atoms with E-state index in [-0.39, 0.29) is 31.9 Å². The fraction of sp³-hybridized carbons (Fsp3) is 0.588. The summed E-state index contributed by atoms with van der Waals surface area (Å²) >= 11 is 0. The van der Waals surface area contributed by atoms with E-state index < -0.39 is 29.3 Å². The van der Waals surface area contributed by atoms with E-state index in [1.165, 1.54) is 11.9 Å². The summed E-state index contributed by atoms with van der Waals surface area (Å²) in [6, 6.07) is -1.11. The molecule has 0 aromatic heterocycles. The van der Waals surface area contributed by atoms with E-state index in [0.29, 0.717) is 0 Å². The van der Waals surface area contributed by atoms with E-state index in [1.807, 2.05) is 0 Å². The highest BCUT2D eigenvalue weighted by molar-refractivity contribution is 6.10. The normalized spacial score (nSPS) is 19.5. The van der Waals surface area contributed by atoms with Gasteiger partial charge >= 0.3 is 11.9 Å². The molecule has 132 valence electrons. The van der Waals surface area contributed by atoms with Crippen LogP contribution in [0, 0.1) is 17.8 Å². The lowest BCUT2D eigenvalue weighted by molar-refractivity contribution is -0.174. The topological polar surface area (TPSA) is 76.2 Å². The molecule has 1 atom stereocenters. The number of rotatable bonds is 6. The molecule has 1 rings (SSSR count). The van der Waals surface area contributed by atoms with E-state index in [4.69, 9.17) is 15.9 Å². The zero-order valence-corrected chi connectivity index (χ0v) is 14.6. The van der Waals surface area contributed by atoms with Crippen molar-refractivity contribution >= 4 is 17.8 Å². The summed E-state index contributed by atoms with van der Waals surface area (Å²) in [5, 5.41) is 0. The van der Waals surface area contributed by atoms with Crippen LogP contribution in [-0.4, -0.2) is 74.1 Å². The minimum absolute atomic E-state index is 0.0530. The van der Waals surface area contributed by atoms with E-state index in [9.17, 15) is 14.4 Å². The number of terminal acetylenes is 1. The number of hydrogen-bond donors (Lipinski definition) is 0. The molecule has 0 aromatic rings. The Labute approximate surface area is 142 Å². The molecule has 1 aliphatic rings. The molecule has 7 nitrogen and oxygen atoms in total. The van der Waals surface area contributed by atoms with Crippen LogP contribution in [0.15, 0.2) is 12.2 Å². The first-order valence-corrected chi connectivity index (χ1v) is 7.70. The summed E-state index contributed by atoms with van der Waals surface area (Å²) in [6.07, 6.45) is 5.25. The van der Waals surface area contributed by atoms with E-state index in [1.54, 1.807) is 25.8 Å². The molecule has 0 aromatic carbocycles. The Morgan fingerprint density at radius 2 is 1.83 bits per heavy atom. The van der Waals surface area contributed by atoms with Crippen molar-refractivity contribution in [3.8, 4) is 12.3 Å². The van der Waals surface area contributed by atoms with Crippen molar-refractivity contribution in [2.75, 3.05) is 40.4 Å². The predicted molar refractivity (Wildman–Crippen MR) is 87.7 cm³/mol. The van der Waals surface area contributed by atoms with Crippen LogP contribution < -0.4 is 0 Å². The smallest absolute Gasteiger partial charge is 0.329 e. The third-order valence-corrected chi connectivity index (χ3v) is 3.98. The maximum Gasteiger partial charge on any atom is 0.329 e. The Balaban J connectivity index is 3.46. The standard InChI is InChI=1S/C17H24N2O5/c1-7-10-18(5)14(20)13-17(15(21)23-8-2,16(22)24-9-3)12(4)11-19(13)6/h1,13H,4,8-11H2,2-3,5-6H3. The van der Waals surface area contributed by atoms with Gasteiger partial charge in [-0.25, -0.2) is 0 Å². The van der Waals surface area contributed by atoms with E-state index in [0.717, 1.165) is 0 Å². The summed E-state index contributed by atoms with van der Waals surface area (Å²) in [6.45, 7) is 7.48. The molecule has 1 heterocycles. The first kappa shape index (κ1) is 19.7. The highest BCUT2D eigenvalue weighted by Crippen LogP contribution is 2.43. The van der Waals surface area contributed by atoms with Crippen LogP contribution in [0.5, 0.6) is 0 Å². The fourth-order valence-electron chi connectivity index (χ4n) is 2.92. The fourth-order valence-corrected chi connectivity index (χ4v) is 2.92. The predicted octanol–water partition coefficient (Wildman–Crippen LogP) is 0.0608. The monoisotopic (exact) mass is 336 g/mol. The molecule has 7 heteroatoms. The second-order valence-electron chi connectivity index (χ2n) is 5.57. The van der Waals surface area contributed by atoms with Crippen molar-refractivity contribution in [1.82, 2.24) is 9.80 Å². The Morgan fingerprint density at radius 1 is 1.33 bits per heavy atom. The molecule has 24 heavy (non-hydrogen) atoms. The van der Waals surface area contributed by atoms with Gasteiger partial charge < -0.3 is 14.4 Å². The van der Waals surface area contributed by atoms with Gasteiger partial charge in [-0.3, -0.25) is 19.3 Å². The summed E-state index contributed by atoms with van der Waals surface area (Å²) in [4.78, 5) is 41.2. The lowest BCUT2D eigenvalue weighted by atomic mass is 9.76. The SMILES string of the molecule is C#CCN(C)C(=O)C1N(C)CC(=C)C1(C(=O)OCC)C(=O)OCC. The second kappa shape index (κ2) is 7.97. The Bertz CT molecular complexity index is 560. The molecule has 0 spiro atoms. The van der Waals surface area contributed by atoms with Gasteiger partial charge in [-0.2, -0.15) is 0 Å². The highest BCUT2D eigenvalue weighted by atomic mass is 16.6. The maximum atomic E-state index is 12.9. The lowest BCUT2D eigenvalue weighted by Crippen LogP contribution is -2.58. The van der Waals surface area contributed by atoms with E-state index in [2.05, 4.69) is 12.5 Å². The van der Waals surface area contributed by atoms with Crippen LogP contribution >= 0.6 is 0 Å². The van der Waals surface area contributed by atoms with Crippen molar-refractivity contribution in [2.24, 2.45) is 5.41 Å². The minimum Gasteiger partial charge on any atom is -0.465 e. The van der Waals surface area contributed by atoms with Gasteiger partial charge in [-0.15, -0.1) is 6.42 Å². The number of carbonyl (C=O) groups is 3. The Morgan fingerprint density at radius 3 is 2.25 bits per heavy atom. The summed E-state index contributed by atoms with van der Waals surface area (Å²) in [5.41, 5.74) is -1.62. The van der Waals surface area contributed by atoms with Crippen molar-refractivity contribution in [1.29, 1.82) is 0 Å². The van der Waals surface area contributed by atoms with Gasteiger partial charge in [0.2, 0.25) is 11.3 Å². The largest absolute Gasteiger partial charge is 0.465 e. The third kappa shape index (κ3) is 3.15. The van der Waals surface area contributed by atoms with Gasteiger partial charge in [0, 0.05) is 13.6 Å². The summed E-state index contributed by atoms with van der Waals surface area (Å²) in [7, 11) is 3.15. The lowest BCUT2D eigenvalue weighted by Gasteiger charge is -2.34. The molecular formula is C17H24N2O5. The highest BCUT2D eigenvalue weighted by Gasteiger charge is 2.65. The quantitative estimate of drug-likeness (QED) is 0.295. The number of carbonyl (C=O) groups excluding carboxylic acids is 3. The maximum absolute atomic E-state index is 12.9. The number of hydrogen-bond acceptors (Lipinski definition) is 6. The zero-order valence-electron chi connectivity index (χ0n) is 14.6. The minimum atomic E-state index is -1.89. The molecule has 0 N–H and O–H groups in total. The van der Waals surface area contributed by atoms with Gasteiger partial charge in [0.1, 0.15) is 6.04 Å². The average molecular weight is 336 g/mol. The second-order valence-corrected chi connectivity index (χ2v) is 5.57. The van der Waals surface area contributed by atoms with Crippen LogP contribution in [0.1, 0.15) is 13.8 Å². The van der Waals surface area contributed by atoms with Gasteiger partial charge in [0.25, 0.3) is 0 Å². The Kier molecular flexibility index (Phi) is 6.55. The van der Waals surface area contributed by atoms with Crippen LogP contribution in [0.4, 0.5) is 0 Å². The molecular weight excluding hydrogens is 312 g/mol. The number of likely N-dealkylation sites (N-methyl/N-ethyl adjacent to an activating group) is 2. The van der Waals surface area contributed by atoms with Gasteiger partial charge in [-0.05, 0) is 26.5 Å². The van der Waals surface area contributed by atoms with Crippen molar-refractivity contribution in [3.63, 3.8) is 0 Å². The van der Waals surface area contributed by atoms with Gasteiger partial charge in [0.05, 0.1) is 19.8 Å². The van der Waals surface area contributed by atoms with Crippen LogP contribution in [-0.2, 0) is 23.9 Å². The van der Waals surface area contributed by atoms with E-state index >= 15 is 0 Å². The molecule has 0 aliphatic carbocycles. The Hall–Kier alpha value is -2.33. The molecule has 0 saturated carbocycles. The number of esters is 2. The zero-order chi connectivity index (χ0) is 18.5. The first-order valence-electron chi connectivity index (χ1n) is 7.70. The number of nitrogens with zero attached hydrogens (tertiary/aromatic N) is 2. The molecule has 1 saturated heterocycles. The van der Waals surface area contributed by atoms with Crippen LogP contribution in [0.2, 0.25) is 0 Å². The molecule has 1 aliphatic heterocycles. The third-order valence-electron chi connectivity index (χ3n) is 3.98. The summed E-state index contributed by atoms with van der Waals surface area (Å²) in [5.74, 6) is 0.246. The van der Waals surface area contributed by atoms with Crippen LogP contribution in [0.25, 0.3) is 0 Å². The molecule has 0 radical (unpaired) electrons. The van der Waals surface area contributed by atoms with Crippen molar-refractivity contribution in [3.05, 3.63) is 12.2 Å². The average Bonchev–Trinajstić information content (AvgIpc) is 2.78. The van der Waals surface area contributed by atoms with Crippen LogP contribution in [0.3, 0.4) is 0 Å². The molecule has 0 bridgehead atoms. The number of amides is 1. The first-order chi connectivity index (χ1) is 11.3. The van der Waals surface area contributed by atoms with Crippen molar-refractivity contribution < 1.29 is 23.9 Å². The summed E-state index contributed by atoms with van der Waals surface area (Å²) < 4.78 is 10.2. The van der Waals surface area contributed by atoms with Gasteiger partial charge in [0.15, 0.2) is 0 Å².